The monoisotopic (exact) mass is 426 g/mol. The fourth-order valence-electron chi connectivity index (χ4n) is 4.09. The molecule has 1 fully saturated rings. The lowest BCUT2D eigenvalue weighted by molar-refractivity contribution is -0.120. The van der Waals surface area contributed by atoms with Gasteiger partial charge in [0.05, 0.1) is 16.6 Å². The number of nitrogens with one attached hydrogen (secondary N) is 1. The number of anilines is 2. The molecule has 1 aliphatic rings. The summed E-state index contributed by atoms with van der Waals surface area (Å²) >= 11 is 1.72. The Morgan fingerprint density at radius 2 is 1.87 bits per heavy atom. The van der Waals surface area contributed by atoms with E-state index in [9.17, 15) is 4.79 Å². The summed E-state index contributed by atoms with van der Waals surface area (Å²) in [7, 11) is 0. The van der Waals surface area contributed by atoms with Crippen molar-refractivity contribution in [3.63, 3.8) is 0 Å². The van der Waals surface area contributed by atoms with Crippen LogP contribution >= 0.6 is 11.3 Å². The molecule has 0 atom stereocenters. The summed E-state index contributed by atoms with van der Waals surface area (Å²) in [6.45, 7) is 14.1. The van der Waals surface area contributed by atoms with Gasteiger partial charge in [-0.15, -0.1) is 11.3 Å². The van der Waals surface area contributed by atoms with Gasteiger partial charge in [0.25, 0.3) is 0 Å². The average Bonchev–Trinajstić information content (AvgIpc) is 3.21. The normalized spacial score (nSPS) is 15.7. The molecule has 160 valence electrons. The summed E-state index contributed by atoms with van der Waals surface area (Å²) in [5, 5.41) is 8.83. The lowest BCUT2D eigenvalue weighted by Crippen LogP contribution is -2.39. The summed E-state index contributed by atoms with van der Waals surface area (Å²) in [6, 6.07) is 1.94. The second-order valence-corrected chi connectivity index (χ2v) is 10.4. The van der Waals surface area contributed by atoms with Gasteiger partial charge in [0.1, 0.15) is 22.8 Å². The number of piperidine rings is 1. The molecule has 0 saturated carbocycles. The predicted molar refractivity (Wildman–Crippen MR) is 122 cm³/mol. The van der Waals surface area contributed by atoms with Crippen molar-refractivity contribution in [1.82, 2.24) is 19.7 Å². The van der Waals surface area contributed by atoms with E-state index in [-0.39, 0.29) is 17.4 Å². The molecule has 1 amide bonds. The van der Waals surface area contributed by atoms with Crippen molar-refractivity contribution in [2.75, 3.05) is 23.3 Å². The molecule has 4 heterocycles. The van der Waals surface area contributed by atoms with Crippen LogP contribution in [0.2, 0.25) is 0 Å². The molecule has 3 aromatic rings. The Labute approximate surface area is 181 Å². The first-order valence-corrected chi connectivity index (χ1v) is 11.3. The molecule has 30 heavy (non-hydrogen) atoms. The first-order valence-electron chi connectivity index (χ1n) is 10.5. The van der Waals surface area contributed by atoms with E-state index in [0.717, 1.165) is 53.5 Å². The van der Waals surface area contributed by atoms with Gasteiger partial charge in [0.2, 0.25) is 5.91 Å². The lowest BCUT2D eigenvalue weighted by Gasteiger charge is -2.32. The number of carbonyl (C=O) groups is 1. The average molecular weight is 427 g/mol. The second kappa shape index (κ2) is 7.65. The molecule has 3 aromatic heterocycles. The molecular formula is C22H30N6OS. The van der Waals surface area contributed by atoms with E-state index in [0.29, 0.717) is 0 Å². The van der Waals surface area contributed by atoms with Crippen molar-refractivity contribution < 1.29 is 4.79 Å². The summed E-state index contributed by atoms with van der Waals surface area (Å²) < 4.78 is 1.90. The van der Waals surface area contributed by atoms with Gasteiger partial charge in [-0.3, -0.25) is 4.79 Å². The van der Waals surface area contributed by atoms with Crippen LogP contribution in [0.5, 0.6) is 0 Å². The van der Waals surface area contributed by atoms with Crippen LogP contribution < -0.4 is 10.2 Å². The molecule has 7 nitrogen and oxygen atoms in total. The standard InChI is InChI=1S/C22H30N6OS/c1-13-11-17(28(26-13)22(4,5)6)25-20(29)16-7-9-27(10-8-16)19-18-14(2)15(3)30-21(18)24-12-23-19/h11-12,16H,7-10H2,1-6H3,(H,25,29). The Hall–Kier alpha value is -2.48. The number of amides is 1. The van der Waals surface area contributed by atoms with Gasteiger partial charge in [-0.2, -0.15) is 5.10 Å². The van der Waals surface area contributed by atoms with Crippen LogP contribution in [-0.4, -0.2) is 38.7 Å². The molecule has 1 aliphatic heterocycles. The fraction of sp³-hybridized carbons (Fsp3) is 0.545. The number of aryl methyl sites for hydroxylation is 3. The first-order chi connectivity index (χ1) is 14.1. The minimum absolute atomic E-state index is 0.00693. The molecule has 0 bridgehead atoms. The minimum atomic E-state index is -0.185. The summed E-state index contributed by atoms with van der Waals surface area (Å²) in [6.07, 6.45) is 3.27. The lowest BCUT2D eigenvalue weighted by atomic mass is 9.95. The van der Waals surface area contributed by atoms with E-state index in [2.05, 4.69) is 59.9 Å². The number of hydrogen-bond donors (Lipinski definition) is 1. The summed E-state index contributed by atoms with van der Waals surface area (Å²) in [5.41, 5.74) is 1.98. The van der Waals surface area contributed by atoms with E-state index < -0.39 is 0 Å². The Balaban J connectivity index is 1.46. The van der Waals surface area contributed by atoms with Crippen molar-refractivity contribution in [2.45, 2.75) is 59.9 Å². The van der Waals surface area contributed by atoms with Crippen LogP contribution in [0.3, 0.4) is 0 Å². The fourth-order valence-corrected chi connectivity index (χ4v) is 5.08. The van der Waals surface area contributed by atoms with E-state index in [4.69, 9.17) is 0 Å². The maximum atomic E-state index is 13.0. The molecule has 4 rings (SSSR count). The van der Waals surface area contributed by atoms with E-state index in [1.165, 1.54) is 10.4 Å². The highest BCUT2D eigenvalue weighted by Gasteiger charge is 2.29. The molecule has 0 spiro atoms. The molecular weight excluding hydrogens is 396 g/mol. The number of nitrogens with zero attached hydrogens (tertiary/aromatic N) is 5. The quantitative estimate of drug-likeness (QED) is 0.671. The number of thiophene rings is 1. The van der Waals surface area contributed by atoms with Gasteiger partial charge < -0.3 is 10.2 Å². The van der Waals surface area contributed by atoms with Crippen molar-refractivity contribution in [3.05, 3.63) is 28.5 Å². The Bertz CT molecular complexity index is 1090. The third-order valence-corrected chi connectivity index (χ3v) is 6.94. The molecule has 1 N–H and O–H groups in total. The number of carbonyl (C=O) groups excluding carboxylic acids is 1. The van der Waals surface area contributed by atoms with Crippen molar-refractivity contribution in [2.24, 2.45) is 5.92 Å². The predicted octanol–water partition coefficient (Wildman–Crippen LogP) is 4.42. The van der Waals surface area contributed by atoms with Crippen LogP contribution in [0.25, 0.3) is 10.2 Å². The molecule has 1 saturated heterocycles. The molecule has 0 aliphatic carbocycles. The minimum Gasteiger partial charge on any atom is -0.356 e. The molecule has 0 aromatic carbocycles. The molecule has 8 heteroatoms. The van der Waals surface area contributed by atoms with Gasteiger partial charge in [-0.05, 0) is 59.9 Å². The highest BCUT2D eigenvalue weighted by atomic mass is 32.1. The Morgan fingerprint density at radius 3 is 2.53 bits per heavy atom. The number of hydrogen-bond acceptors (Lipinski definition) is 6. The van der Waals surface area contributed by atoms with E-state index in [1.807, 2.05) is 17.7 Å². The SMILES string of the molecule is Cc1cc(NC(=O)C2CCN(c3ncnc4sc(C)c(C)c34)CC2)n(C(C)(C)C)n1. The van der Waals surface area contributed by atoms with Gasteiger partial charge in [0, 0.05) is 30.0 Å². The third-order valence-electron chi connectivity index (χ3n) is 5.83. The summed E-state index contributed by atoms with van der Waals surface area (Å²) in [5.74, 6) is 1.85. The Kier molecular flexibility index (Phi) is 5.30. The van der Waals surface area contributed by atoms with Gasteiger partial charge in [-0.25, -0.2) is 14.6 Å². The van der Waals surface area contributed by atoms with Crippen LogP contribution in [-0.2, 0) is 10.3 Å². The van der Waals surface area contributed by atoms with Crippen molar-refractivity contribution in [3.8, 4) is 0 Å². The number of rotatable bonds is 3. The van der Waals surface area contributed by atoms with Crippen molar-refractivity contribution >= 4 is 39.1 Å². The van der Waals surface area contributed by atoms with Gasteiger partial charge in [-0.1, -0.05) is 0 Å². The first kappa shape index (κ1) is 20.8. The zero-order valence-electron chi connectivity index (χ0n) is 18.6. The summed E-state index contributed by atoms with van der Waals surface area (Å²) in [4.78, 5) is 26.6. The number of aromatic nitrogens is 4. The maximum Gasteiger partial charge on any atom is 0.228 e. The van der Waals surface area contributed by atoms with Gasteiger partial charge >= 0.3 is 0 Å². The highest BCUT2D eigenvalue weighted by molar-refractivity contribution is 7.18. The van der Waals surface area contributed by atoms with Crippen LogP contribution in [0.15, 0.2) is 12.4 Å². The zero-order valence-corrected chi connectivity index (χ0v) is 19.4. The molecule has 0 unspecified atom stereocenters. The highest BCUT2D eigenvalue weighted by Crippen LogP contribution is 2.35. The van der Waals surface area contributed by atoms with Gasteiger partial charge in [0.15, 0.2) is 0 Å². The van der Waals surface area contributed by atoms with E-state index in [1.54, 1.807) is 17.7 Å². The van der Waals surface area contributed by atoms with Crippen LogP contribution in [0, 0.1) is 26.7 Å². The third kappa shape index (κ3) is 3.80. The van der Waals surface area contributed by atoms with E-state index >= 15 is 0 Å². The van der Waals surface area contributed by atoms with Crippen molar-refractivity contribution in [1.29, 1.82) is 0 Å². The maximum absolute atomic E-state index is 13.0. The molecule has 0 radical (unpaired) electrons. The van der Waals surface area contributed by atoms with Crippen LogP contribution in [0.1, 0.15) is 49.7 Å². The Morgan fingerprint density at radius 1 is 1.17 bits per heavy atom. The zero-order chi connectivity index (χ0) is 21.6. The smallest absolute Gasteiger partial charge is 0.228 e. The number of fused-ring (bicyclic) bond motifs is 1. The largest absolute Gasteiger partial charge is 0.356 e. The van der Waals surface area contributed by atoms with Crippen LogP contribution in [0.4, 0.5) is 11.6 Å². The second-order valence-electron chi connectivity index (χ2n) is 9.16. The topological polar surface area (TPSA) is 75.9 Å².